The number of piperidine rings is 1. The number of halogens is 2. The van der Waals surface area contributed by atoms with Crippen molar-refractivity contribution in [1.29, 1.82) is 0 Å². The van der Waals surface area contributed by atoms with Gasteiger partial charge in [-0.2, -0.15) is 0 Å². The van der Waals surface area contributed by atoms with Gasteiger partial charge in [0.25, 0.3) is 0 Å². The Kier molecular flexibility index (Phi) is 7.14. The van der Waals surface area contributed by atoms with E-state index in [0.29, 0.717) is 18.0 Å². The van der Waals surface area contributed by atoms with E-state index in [-0.39, 0.29) is 22.2 Å². The number of carbonyl (C=O) groups excluding carboxylic acids is 2. The second kappa shape index (κ2) is 9.87. The van der Waals surface area contributed by atoms with E-state index in [2.05, 4.69) is 32.5 Å². The van der Waals surface area contributed by atoms with Crippen LogP contribution in [0.2, 0.25) is 10.0 Å². The topological polar surface area (TPSA) is 86.4 Å². The molecule has 3 N–H and O–H groups in total. The number of pyridine rings is 1. The Bertz CT molecular complexity index is 1000. The van der Waals surface area contributed by atoms with Gasteiger partial charge in [-0.15, -0.1) is 0 Å². The smallest absolute Gasteiger partial charge is 0.321 e. The molecule has 1 atom stereocenters. The average molecular weight is 494 g/mol. The van der Waals surface area contributed by atoms with Crippen molar-refractivity contribution >= 4 is 58.6 Å². The number of hydrogen-bond donors (Lipinski definition) is 3. The normalized spacial score (nSPS) is 19.5. The van der Waals surface area contributed by atoms with Crippen LogP contribution in [0, 0.1) is 0 Å². The van der Waals surface area contributed by atoms with Gasteiger partial charge in [-0.1, -0.05) is 47.3 Å². The van der Waals surface area contributed by atoms with Crippen LogP contribution in [-0.2, 0) is 10.2 Å². The van der Waals surface area contributed by atoms with Gasteiger partial charge in [0, 0.05) is 30.4 Å². The molecule has 2 aromatic rings. The molecule has 1 aromatic carbocycles. The molecule has 1 saturated carbocycles. The maximum absolute atomic E-state index is 13.1. The molecule has 0 radical (unpaired) electrons. The largest absolute Gasteiger partial charge is 0.326 e. The Balaban J connectivity index is 1.39. The van der Waals surface area contributed by atoms with Crippen LogP contribution in [0.5, 0.6) is 0 Å². The molecule has 1 saturated heterocycles. The van der Waals surface area contributed by atoms with Crippen LogP contribution in [0.1, 0.15) is 31.2 Å². The number of amides is 3. The lowest BCUT2D eigenvalue weighted by Gasteiger charge is -2.33. The van der Waals surface area contributed by atoms with Gasteiger partial charge in [0.1, 0.15) is 6.04 Å². The van der Waals surface area contributed by atoms with Crippen molar-refractivity contribution in [3.63, 3.8) is 0 Å². The van der Waals surface area contributed by atoms with Crippen molar-refractivity contribution in [3.8, 4) is 0 Å². The third-order valence-electron chi connectivity index (χ3n) is 5.98. The fourth-order valence-electron chi connectivity index (χ4n) is 4.00. The molecule has 1 unspecified atom stereocenters. The second-order valence-corrected chi connectivity index (χ2v) is 9.66. The molecule has 1 aromatic heterocycles. The zero-order chi connectivity index (χ0) is 22.7. The number of rotatable bonds is 7. The van der Waals surface area contributed by atoms with Crippen LogP contribution in [0.25, 0.3) is 0 Å². The summed E-state index contributed by atoms with van der Waals surface area (Å²) in [5, 5.41) is 5.92. The predicted octanol–water partition coefficient (Wildman–Crippen LogP) is 4.60. The van der Waals surface area contributed by atoms with Gasteiger partial charge in [0.2, 0.25) is 5.91 Å². The predicted molar refractivity (Wildman–Crippen MR) is 131 cm³/mol. The quantitative estimate of drug-likeness (QED) is 0.490. The Morgan fingerprint density at radius 1 is 1.28 bits per heavy atom. The van der Waals surface area contributed by atoms with Crippen molar-refractivity contribution in [2.75, 3.05) is 29.6 Å². The first-order chi connectivity index (χ1) is 15.4. The van der Waals surface area contributed by atoms with Crippen LogP contribution in [0.15, 0.2) is 36.5 Å². The standard InChI is InChI=1S/C22H25Cl2N5O2S/c1-32-26-13-22(8-9-22)14-4-6-16(7-5-14)29-10-2-3-18(20(29)30)27-21(31)28-19-17(24)11-15(23)12-25-19/h4-7,11-12,18,26H,2-3,8-10,13H2,1H3,(H2,25,27,28,31). The minimum atomic E-state index is -0.616. The minimum absolute atomic E-state index is 0.125. The van der Waals surface area contributed by atoms with Crippen LogP contribution < -0.4 is 20.3 Å². The Morgan fingerprint density at radius 2 is 2.03 bits per heavy atom. The molecule has 170 valence electrons. The van der Waals surface area contributed by atoms with E-state index in [1.165, 1.54) is 30.7 Å². The summed E-state index contributed by atoms with van der Waals surface area (Å²) in [6, 6.07) is 8.60. The lowest BCUT2D eigenvalue weighted by molar-refractivity contribution is -0.121. The van der Waals surface area contributed by atoms with Crippen LogP contribution in [0.3, 0.4) is 0 Å². The third-order valence-corrected chi connectivity index (χ3v) is 6.91. The molecule has 4 rings (SSSR count). The summed E-state index contributed by atoms with van der Waals surface area (Å²) in [4.78, 5) is 31.2. The summed E-state index contributed by atoms with van der Waals surface area (Å²) in [6.45, 7) is 1.57. The van der Waals surface area contributed by atoms with E-state index in [0.717, 1.165) is 18.7 Å². The number of carbonyl (C=O) groups is 2. The summed E-state index contributed by atoms with van der Waals surface area (Å²) in [5.74, 6) is 0.0636. The molecule has 1 aliphatic heterocycles. The molecule has 0 spiro atoms. The summed E-state index contributed by atoms with van der Waals surface area (Å²) >= 11 is 13.5. The van der Waals surface area contributed by atoms with Gasteiger partial charge in [-0.25, -0.2) is 9.78 Å². The van der Waals surface area contributed by atoms with Crippen molar-refractivity contribution in [1.82, 2.24) is 15.0 Å². The summed E-state index contributed by atoms with van der Waals surface area (Å²) in [5.41, 5.74) is 2.36. The lowest BCUT2D eigenvalue weighted by Crippen LogP contribution is -2.53. The maximum atomic E-state index is 13.1. The zero-order valence-corrected chi connectivity index (χ0v) is 20.0. The number of aromatic nitrogens is 1. The van der Waals surface area contributed by atoms with Gasteiger partial charge in [-0.05, 0) is 55.7 Å². The first-order valence-corrected chi connectivity index (χ1v) is 12.5. The minimum Gasteiger partial charge on any atom is -0.326 e. The molecule has 2 aliphatic rings. The van der Waals surface area contributed by atoms with Gasteiger partial charge < -0.3 is 10.2 Å². The van der Waals surface area contributed by atoms with Crippen LogP contribution in [0.4, 0.5) is 16.3 Å². The summed E-state index contributed by atoms with van der Waals surface area (Å²) < 4.78 is 3.37. The van der Waals surface area contributed by atoms with E-state index < -0.39 is 12.1 Å². The van der Waals surface area contributed by atoms with Crippen molar-refractivity contribution < 1.29 is 9.59 Å². The Morgan fingerprint density at radius 3 is 2.69 bits per heavy atom. The zero-order valence-electron chi connectivity index (χ0n) is 17.7. The molecule has 1 aliphatic carbocycles. The molecule has 10 heteroatoms. The van der Waals surface area contributed by atoms with Gasteiger partial charge in [-0.3, -0.25) is 14.8 Å². The van der Waals surface area contributed by atoms with Gasteiger partial charge in [0.15, 0.2) is 5.82 Å². The number of nitrogens with one attached hydrogen (secondary N) is 3. The lowest BCUT2D eigenvalue weighted by atomic mass is 9.95. The summed E-state index contributed by atoms with van der Waals surface area (Å²) in [7, 11) is 0. The highest BCUT2D eigenvalue weighted by Crippen LogP contribution is 2.48. The SMILES string of the molecule is CSNCC1(c2ccc(N3CCCC(NC(=O)Nc4ncc(Cl)cc4Cl)C3=O)cc2)CC1. The van der Waals surface area contributed by atoms with Crippen LogP contribution in [-0.4, -0.2) is 42.3 Å². The molecule has 3 amide bonds. The van der Waals surface area contributed by atoms with Crippen LogP contribution >= 0.6 is 35.1 Å². The fraction of sp³-hybridized carbons (Fsp3) is 0.409. The molecular weight excluding hydrogens is 469 g/mol. The van der Waals surface area contributed by atoms with Gasteiger partial charge >= 0.3 is 6.03 Å². The fourth-order valence-corrected chi connectivity index (χ4v) is 4.85. The number of benzene rings is 1. The first-order valence-electron chi connectivity index (χ1n) is 10.5. The number of urea groups is 1. The van der Waals surface area contributed by atoms with E-state index in [1.54, 1.807) is 16.8 Å². The number of anilines is 2. The monoisotopic (exact) mass is 493 g/mol. The van der Waals surface area contributed by atoms with E-state index >= 15 is 0 Å². The number of nitrogens with zero attached hydrogens (tertiary/aromatic N) is 2. The number of hydrogen-bond acceptors (Lipinski definition) is 5. The third kappa shape index (κ3) is 5.14. The Hall–Kier alpha value is -2.00. The van der Waals surface area contributed by atoms with E-state index in [4.69, 9.17) is 23.2 Å². The second-order valence-electron chi connectivity index (χ2n) is 8.12. The molecule has 0 bridgehead atoms. The molecule has 32 heavy (non-hydrogen) atoms. The van der Waals surface area contributed by atoms with E-state index in [1.807, 2.05) is 18.4 Å². The maximum Gasteiger partial charge on any atom is 0.321 e. The molecule has 7 nitrogen and oxygen atoms in total. The van der Waals surface area contributed by atoms with Crippen molar-refractivity contribution in [2.45, 2.75) is 37.1 Å². The van der Waals surface area contributed by atoms with E-state index in [9.17, 15) is 9.59 Å². The first kappa shape index (κ1) is 23.2. The Labute approximate surface area is 201 Å². The van der Waals surface area contributed by atoms with Crippen molar-refractivity contribution in [2.24, 2.45) is 0 Å². The highest BCUT2D eigenvalue weighted by Gasteiger charge is 2.43. The van der Waals surface area contributed by atoms with Gasteiger partial charge in [0.05, 0.1) is 10.0 Å². The highest BCUT2D eigenvalue weighted by atomic mass is 35.5. The molecular formula is C22H25Cl2N5O2S. The molecule has 2 heterocycles. The summed E-state index contributed by atoms with van der Waals surface area (Å²) in [6.07, 6.45) is 7.15. The highest BCUT2D eigenvalue weighted by molar-refractivity contribution is 7.96. The molecule has 2 fully saturated rings. The average Bonchev–Trinajstić information content (AvgIpc) is 3.57. The van der Waals surface area contributed by atoms with Crippen molar-refractivity contribution in [3.05, 3.63) is 52.1 Å².